The summed E-state index contributed by atoms with van der Waals surface area (Å²) in [5.41, 5.74) is -0.494. The fourth-order valence-electron chi connectivity index (χ4n) is 1.57. The maximum Gasteiger partial charge on any atom is 0.390 e. The molecule has 104 valence electrons. The van der Waals surface area contributed by atoms with E-state index in [9.17, 15) is 13.3 Å². The Hall–Kier alpha value is -0.0400. The summed E-state index contributed by atoms with van der Waals surface area (Å²) < 4.78 is 42.5. The second kappa shape index (κ2) is 5.76. The first-order valence-electron chi connectivity index (χ1n) is 4.91. The lowest BCUT2D eigenvalue weighted by atomic mass is 10.1. The second-order valence-corrected chi connectivity index (χ2v) is 6.63. The van der Waals surface area contributed by atoms with Crippen LogP contribution in [0, 0.1) is 0 Å². The van der Waals surface area contributed by atoms with Gasteiger partial charge in [0.15, 0.2) is 0 Å². The predicted molar refractivity (Wildman–Crippen MR) is 75.3 cm³/mol. The molecule has 19 heavy (non-hydrogen) atoms. The van der Waals surface area contributed by atoms with Gasteiger partial charge in [0.1, 0.15) is 0 Å². The number of benzene rings is 1. The van der Waals surface area contributed by atoms with Crippen molar-refractivity contribution >= 4 is 57.2 Å². The maximum absolute atomic E-state index is 13.7. The van der Waals surface area contributed by atoms with Gasteiger partial charge in [0.2, 0.25) is 0 Å². The van der Waals surface area contributed by atoms with Crippen LogP contribution in [0.4, 0.5) is 8.78 Å². The molecule has 0 amide bonds. The maximum atomic E-state index is 13.7. The van der Waals surface area contributed by atoms with Crippen LogP contribution in [0.5, 0.6) is 0 Å². The molecule has 1 aromatic heterocycles. The number of fused-ring (bicyclic) bond motifs is 1. The molecule has 0 aliphatic rings. The summed E-state index contributed by atoms with van der Waals surface area (Å²) in [4.78, 5) is 9.36. The van der Waals surface area contributed by atoms with Crippen molar-refractivity contribution in [1.82, 2.24) is 0 Å². The minimum atomic E-state index is -3.83. The van der Waals surface area contributed by atoms with Crippen LogP contribution in [-0.2, 0) is 21.1 Å². The van der Waals surface area contributed by atoms with Crippen LogP contribution >= 0.6 is 47.1 Å². The highest BCUT2D eigenvalue weighted by Crippen LogP contribution is 2.43. The van der Waals surface area contributed by atoms with Crippen molar-refractivity contribution in [3.8, 4) is 0 Å². The molecule has 1 unspecified atom stereocenters. The number of hydrogen-bond acceptors (Lipinski definition) is 3. The normalized spacial score (nSPS) is 13.9. The van der Waals surface area contributed by atoms with Crippen molar-refractivity contribution in [3.63, 3.8) is 0 Å². The van der Waals surface area contributed by atoms with Crippen LogP contribution in [0.3, 0.4) is 0 Å². The quantitative estimate of drug-likeness (QED) is 0.599. The van der Waals surface area contributed by atoms with E-state index in [1.165, 1.54) is 23.5 Å². The Bertz CT molecular complexity index is 649. The first-order chi connectivity index (χ1) is 8.83. The summed E-state index contributed by atoms with van der Waals surface area (Å²) in [5, 5.41) is 0.583. The third kappa shape index (κ3) is 3.35. The number of halogens is 4. The van der Waals surface area contributed by atoms with Gasteiger partial charge in [-0.15, -0.1) is 22.9 Å². The van der Waals surface area contributed by atoms with Gasteiger partial charge in [0, 0.05) is 14.0 Å². The Balaban J connectivity index is 2.54. The molecule has 0 radical (unpaired) electrons. The molecule has 0 fully saturated rings. The largest absolute Gasteiger partial charge is 0.390 e. The SMILES string of the molecule is O=[PH](O)OC(F)(F)c1cc2cc(CCl)sc2cc1Br. The van der Waals surface area contributed by atoms with Crippen LogP contribution in [0.15, 0.2) is 22.7 Å². The van der Waals surface area contributed by atoms with E-state index in [-0.39, 0.29) is 4.47 Å². The molecular weight excluding hydrogens is 385 g/mol. The molecule has 0 saturated heterocycles. The van der Waals surface area contributed by atoms with Crippen LogP contribution in [0.25, 0.3) is 10.1 Å². The topological polar surface area (TPSA) is 46.5 Å². The van der Waals surface area contributed by atoms with Crippen LogP contribution in [-0.4, -0.2) is 4.89 Å². The Morgan fingerprint density at radius 1 is 1.47 bits per heavy atom. The van der Waals surface area contributed by atoms with E-state index in [0.717, 1.165) is 9.58 Å². The third-order valence-electron chi connectivity index (χ3n) is 2.32. The van der Waals surface area contributed by atoms with Gasteiger partial charge in [0.05, 0.1) is 11.4 Å². The monoisotopic (exact) mass is 390 g/mol. The molecule has 3 nitrogen and oxygen atoms in total. The molecule has 1 atom stereocenters. The highest BCUT2D eigenvalue weighted by Gasteiger charge is 2.37. The highest BCUT2D eigenvalue weighted by atomic mass is 79.9. The Morgan fingerprint density at radius 3 is 2.74 bits per heavy atom. The average molecular weight is 392 g/mol. The number of rotatable bonds is 4. The van der Waals surface area contributed by atoms with Gasteiger partial charge >= 0.3 is 14.4 Å². The molecule has 0 bridgehead atoms. The van der Waals surface area contributed by atoms with Crippen molar-refractivity contribution in [1.29, 1.82) is 0 Å². The highest BCUT2D eigenvalue weighted by molar-refractivity contribution is 9.10. The molecule has 0 aliphatic carbocycles. The van der Waals surface area contributed by atoms with Crippen LogP contribution in [0.1, 0.15) is 10.4 Å². The van der Waals surface area contributed by atoms with E-state index >= 15 is 0 Å². The standard InChI is InChI=1S/C10H7BrClF2O3PS/c11-8-3-9-5(1-6(4-12)19-9)2-7(8)10(13,14)17-18(15)16/h1-3,18H,4H2,(H,15,16). The zero-order chi connectivity index (χ0) is 14.2. The lowest BCUT2D eigenvalue weighted by Crippen LogP contribution is -2.15. The summed E-state index contributed by atoms with van der Waals surface area (Å²) >= 11 is 10.1. The smallest absolute Gasteiger partial charge is 0.326 e. The molecule has 9 heteroatoms. The molecule has 1 N–H and O–H groups in total. The molecule has 0 spiro atoms. The van der Waals surface area contributed by atoms with Crippen molar-refractivity contribution in [2.24, 2.45) is 0 Å². The summed E-state index contributed by atoms with van der Waals surface area (Å²) in [5.74, 6) is 0.295. The average Bonchev–Trinajstić information content (AvgIpc) is 2.67. The van der Waals surface area contributed by atoms with E-state index in [1.807, 2.05) is 0 Å². The van der Waals surface area contributed by atoms with E-state index in [2.05, 4.69) is 20.5 Å². The van der Waals surface area contributed by atoms with Crippen molar-refractivity contribution in [2.75, 3.05) is 0 Å². The summed E-state index contributed by atoms with van der Waals surface area (Å²) in [6.07, 6.45) is -3.83. The number of alkyl halides is 3. The van der Waals surface area contributed by atoms with Gasteiger partial charge in [-0.2, -0.15) is 8.78 Å². The molecule has 1 heterocycles. The zero-order valence-electron chi connectivity index (χ0n) is 9.12. The Kier molecular flexibility index (Phi) is 4.65. The lowest BCUT2D eigenvalue weighted by Gasteiger charge is -2.16. The van der Waals surface area contributed by atoms with Crippen molar-refractivity contribution in [2.45, 2.75) is 12.0 Å². The fraction of sp³-hybridized carbons (Fsp3) is 0.200. The molecule has 2 aromatic rings. The molecule has 2 rings (SSSR count). The van der Waals surface area contributed by atoms with E-state index in [0.29, 0.717) is 11.3 Å². The Morgan fingerprint density at radius 2 is 2.16 bits per heavy atom. The van der Waals surface area contributed by atoms with Gasteiger partial charge < -0.3 is 4.89 Å². The second-order valence-electron chi connectivity index (χ2n) is 3.60. The van der Waals surface area contributed by atoms with Crippen LogP contribution in [0.2, 0.25) is 0 Å². The molecule has 0 saturated carbocycles. The predicted octanol–water partition coefficient (Wildman–Crippen LogP) is 4.85. The van der Waals surface area contributed by atoms with Gasteiger partial charge in [0.25, 0.3) is 0 Å². The molecular formula is C10H7BrClF2O3PS. The van der Waals surface area contributed by atoms with Gasteiger partial charge in [-0.25, -0.2) is 4.52 Å². The van der Waals surface area contributed by atoms with E-state index in [1.54, 1.807) is 6.07 Å². The fourth-order valence-corrected chi connectivity index (χ4v) is 3.80. The van der Waals surface area contributed by atoms with Gasteiger partial charge in [-0.1, -0.05) is 15.9 Å². The van der Waals surface area contributed by atoms with Crippen molar-refractivity contribution in [3.05, 3.63) is 33.1 Å². The summed E-state index contributed by atoms with van der Waals surface area (Å²) in [6.45, 7) is 0. The van der Waals surface area contributed by atoms with E-state index in [4.69, 9.17) is 16.5 Å². The third-order valence-corrected chi connectivity index (χ3v) is 4.95. The number of thiophene rings is 1. The first-order valence-corrected chi connectivity index (χ1v) is 8.32. The zero-order valence-corrected chi connectivity index (χ0v) is 13.3. The summed E-state index contributed by atoms with van der Waals surface area (Å²) in [6, 6.07) is 4.43. The molecule has 1 aromatic carbocycles. The minimum absolute atomic E-state index is 0.108. The molecule has 0 aliphatic heterocycles. The van der Waals surface area contributed by atoms with Gasteiger partial charge in [-0.3, -0.25) is 4.57 Å². The van der Waals surface area contributed by atoms with Crippen molar-refractivity contribution < 1.29 is 22.8 Å². The summed E-state index contributed by atoms with van der Waals surface area (Å²) in [7, 11) is -3.75. The van der Waals surface area contributed by atoms with Gasteiger partial charge in [-0.05, 0) is 23.6 Å². The Labute approximate surface area is 125 Å². The minimum Gasteiger partial charge on any atom is -0.326 e. The first kappa shape index (κ1) is 15.4. The van der Waals surface area contributed by atoms with Crippen LogP contribution < -0.4 is 0 Å². The van der Waals surface area contributed by atoms with E-state index < -0.39 is 19.9 Å². The lowest BCUT2D eigenvalue weighted by molar-refractivity contribution is -0.186. The number of hydrogen-bond donors (Lipinski definition) is 1.